The molecule has 0 aromatic heterocycles. The first-order chi connectivity index (χ1) is 7.04. The van der Waals surface area contributed by atoms with Gasteiger partial charge in [-0.2, -0.15) is 0 Å². The van der Waals surface area contributed by atoms with Crippen molar-refractivity contribution >= 4 is 0 Å². The smallest absolute Gasteiger partial charge is 0.0404 e. The molecule has 0 amide bonds. The Morgan fingerprint density at radius 1 is 0.867 bits per heavy atom. The zero-order valence-corrected chi connectivity index (χ0v) is 11.7. The molecule has 0 heteroatoms. The van der Waals surface area contributed by atoms with Crippen molar-refractivity contribution in [3.63, 3.8) is 0 Å². The fourth-order valence-corrected chi connectivity index (χ4v) is 0.638. The summed E-state index contributed by atoms with van der Waals surface area (Å²) in [6, 6.07) is 0. The van der Waals surface area contributed by atoms with Gasteiger partial charge in [-0.3, -0.25) is 0 Å². The highest BCUT2D eigenvalue weighted by molar-refractivity contribution is 5.20. The summed E-state index contributed by atoms with van der Waals surface area (Å²) in [5.74, 6) is 0. The molecule has 0 bridgehead atoms. The van der Waals surface area contributed by atoms with Gasteiger partial charge in [-0.15, -0.1) is 0 Å². The van der Waals surface area contributed by atoms with Gasteiger partial charge < -0.3 is 0 Å². The van der Waals surface area contributed by atoms with Gasteiger partial charge in [0, 0.05) is 0 Å². The highest BCUT2D eigenvalue weighted by Crippen LogP contribution is 1.94. The molecule has 0 aromatic rings. The first-order valence-corrected chi connectivity index (χ1v) is 6.03. The Kier molecular flexibility index (Phi) is 24.9. The second-order valence-electron chi connectivity index (χ2n) is 3.38. The first kappa shape index (κ1) is 19.7. The molecular formula is C15H30. The SMILES string of the molecule is C=C(C)/C=C\C(=C)C.CC.CCCCC. The molecule has 0 nitrogen and oxygen atoms in total. The summed E-state index contributed by atoms with van der Waals surface area (Å²) in [6.07, 6.45) is 7.97. The molecule has 0 radical (unpaired) electrons. The van der Waals surface area contributed by atoms with E-state index >= 15 is 0 Å². The lowest BCUT2D eigenvalue weighted by molar-refractivity contribution is 0.772. The maximum Gasteiger partial charge on any atom is -0.0404 e. The van der Waals surface area contributed by atoms with E-state index in [0.717, 1.165) is 11.1 Å². The van der Waals surface area contributed by atoms with E-state index in [1.54, 1.807) is 0 Å². The van der Waals surface area contributed by atoms with E-state index in [-0.39, 0.29) is 0 Å². The zero-order chi connectivity index (χ0) is 12.7. The fourth-order valence-electron chi connectivity index (χ4n) is 0.638. The van der Waals surface area contributed by atoms with Gasteiger partial charge >= 0.3 is 0 Å². The Labute approximate surface area is 97.8 Å². The first-order valence-electron chi connectivity index (χ1n) is 6.03. The Bertz CT molecular complexity index is 143. The molecule has 0 aliphatic heterocycles. The summed E-state index contributed by atoms with van der Waals surface area (Å²) in [6.45, 7) is 19.7. The van der Waals surface area contributed by atoms with Crippen LogP contribution >= 0.6 is 0 Å². The topological polar surface area (TPSA) is 0 Å². The van der Waals surface area contributed by atoms with Gasteiger partial charge in [0.05, 0.1) is 0 Å². The van der Waals surface area contributed by atoms with E-state index in [1.165, 1.54) is 19.3 Å². The molecule has 0 rings (SSSR count). The van der Waals surface area contributed by atoms with E-state index in [4.69, 9.17) is 0 Å². The van der Waals surface area contributed by atoms with Gasteiger partial charge in [0.2, 0.25) is 0 Å². The lowest BCUT2D eigenvalue weighted by atomic mass is 10.2. The van der Waals surface area contributed by atoms with E-state index in [1.807, 2.05) is 39.8 Å². The molecule has 90 valence electrons. The van der Waals surface area contributed by atoms with Crippen molar-refractivity contribution in [3.8, 4) is 0 Å². The summed E-state index contributed by atoms with van der Waals surface area (Å²) in [7, 11) is 0. The monoisotopic (exact) mass is 210 g/mol. The molecule has 0 N–H and O–H groups in total. The van der Waals surface area contributed by atoms with Gasteiger partial charge in [-0.25, -0.2) is 0 Å². The molecule has 0 fully saturated rings. The second-order valence-corrected chi connectivity index (χ2v) is 3.38. The number of hydrogen-bond acceptors (Lipinski definition) is 0. The van der Waals surface area contributed by atoms with E-state index in [2.05, 4.69) is 27.0 Å². The minimum absolute atomic E-state index is 1.06. The van der Waals surface area contributed by atoms with E-state index in [9.17, 15) is 0 Å². The molecule has 15 heavy (non-hydrogen) atoms. The van der Waals surface area contributed by atoms with Crippen LogP contribution in [0.25, 0.3) is 0 Å². The Balaban J connectivity index is -0.000000177. The maximum absolute atomic E-state index is 3.70. The quantitative estimate of drug-likeness (QED) is 0.505. The van der Waals surface area contributed by atoms with Gasteiger partial charge in [0.15, 0.2) is 0 Å². The lowest BCUT2D eigenvalue weighted by Crippen LogP contribution is -1.62. The van der Waals surface area contributed by atoms with Gasteiger partial charge in [-0.05, 0) is 13.8 Å². The third-order valence-corrected chi connectivity index (χ3v) is 1.36. The molecular weight excluding hydrogens is 180 g/mol. The van der Waals surface area contributed by atoms with E-state index < -0.39 is 0 Å². The fraction of sp³-hybridized carbons (Fsp3) is 0.600. The van der Waals surface area contributed by atoms with Gasteiger partial charge in [-0.1, -0.05) is 83.4 Å². The van der Waals surface area contributed by atoms with Crippen LogP contribution in [0.5, 0.6) is 0 Å². The number of allylic oxidation sites excluding steroid dienone is 4. The number of unbranched alkanes of at least 4 members (excludes halogenated alkanes) is 2. The predicted octanol–water partition coefficient (Wildman–Crippen LogP) is 5.92. The van der Waals surface area contributed by atoms with Crippen molar-refractivity contribution in [2.75, 3.05) is 0 Å². The van der Waals surface area contributed by atoms with Crippen molar-refractivity contribution in [3.05, 3.63) is 36.5 Å². The maximum atomic E-state index is 3.70. The standard InChI is InChI=1S/C8H12.C5H12.C2H6/c1-7(2)5-6-8(3)4;1-3-5-4-2;1-2/h5-6H,1,3H2,2,4H3;3-5H2,1-2H3;1-2H3/b6-5-;;. The zero-order valence-electron chi connectivity index (χ0n) is 11.7. The third kappa shape index (κ3) is 43.0. The number of hydrogen-bond donors (Lipinski definition) is 0. The third-order valence-electron chi connectivity index (χ3n) is 1.36. The molecule has 0 saturated heterocycles. The van der Waals surface area contributed by atoms with Crippen molar-refractivity contribution in [2.45, 2.75) is 60.8 Å². The summed E-state index contributed by atoms with van der Waals surface area (Å²) in [5, 5.41) is 0. The molecule has 0 heterocycles. The van der Waals surface area contributed by atoms with Crippen LogP contribution in [0.2, 0.25) is 0 Å². The average molecular weight is 210 g/mol. The van der Waals surface area contributed by atoms with Crippen molar-refractivity contribution in [2.24, 2.45) is 0 Å². The van der Waals surface area contributed by atoms with Crippen LogP contribution in [0, 0.1) is 0 Å². The minimum Gasteiger partial charge on any atom is -0.0961 e. The minimum atomic E-state index is 1.06. The van der Waals surface area contributed by atoms with Gasteiger partial charge in [0.25, 0.3) is 0 Å². The Morgan fingerprint density at radius 3 is 1.20 bits per heavy atom. The van der Waals surface area contributed by atoms with Crippen LogP contribution in [0.4, 0.5) is 0 Å². The molecule has 0 unspecified atom stereocenters. The van der Waals surface area contributed by atoms with Crippen LogP contribution in [-0.4, -0.2) is 0 Å². The van der Waals surface area contributed by atoms with E-state index in [0.29, 0.717) is 0 Å². The van der Waals surface area contributed by atoms with Crippen LogP contribution in [-0.2, 0) is 0 Å². The highest BCUT2D eigenvalue weighted by atomic mass is 13.8. The van der Waals surface area contributed by atoms with Gasteiger partial charge in [0.1, 0.15) is 0 Å². The Hall–Kier alpha value is -0.780. The van der Waals surface area contributed by atoms with Crippen LogP contribution in [0.1, 0.15) is 60.8 Å². The molecule has 0 atom stereocenters. The largest absolute Gasteiger partial charge is 0.0961 e. The molecule has 0 aliphatic carbocycles. The average Bonchev–Trinajstić information content (AvgIpc) is 2.20. The van der Waals surface area contributed by atoms with Crippen molar-refractivity contribution in [1.29, 1.82) is 0 Å². The van der Waals surface area contributed by atoms with Crippen LogP contribution in [0.15, 0.2) is 36.5 Å². The van der Waals surface area contributed by atoms with Crippen molar-refractivity contribution in [1.82, 2.24) is 0 Å². The molecule has 0 saturated carbocycles. The summed E-state index contributed by atoms with van der Waals surface area (Å²) in [5.41, 5.74) is 2.13. The normalized spacial score (nSPS) is 8.40. The highest BCUT2D eigenvalue weighted by Gasteiger charge is 1.72. The lowest BCUT2D eigenvalue weighted by Gasteiger charge is -1.84. The summed E-state index contributed by atoms with van der Waals surface area (Å²) >= 11 is 0. The second kappa shape index (κ2) is 18.9. The number of rotatable bonds is 4. The molecule has 0 aliphatic rings. The van der Waals surface area contributed by atoms with Crippen LogP contribution < -0.4 is 0 Å². The predicted molar refractivity (Wildman–Crippen MR) is 75.3 cm³/mol. The summed E-state index contributed by atoms with van der Waals surface area (Å²) < 4.78 is 0. The Morgan fingerprint density at radius 2 is 1.13 bits per heavy atom. The molecule has 0 aromatic carbocycles. The molecule has 0 spiro atoms. The van der Waals surface area contributed by atoms with Crippen molar-refractivity contribution < 1.29 is 0 Å². The van der Waals surface area contributed by atoms with Crippen LogP contribution in [0.3, 0.4) is 0 Å². The summed E-state index contributed by atoms with van der Waals surface area (Å²) in [4.78, 5) is 0.